The maximum Gasteiger partial charge on any atom is 0.408 e. The molecule has 1 aliphatic rings. The SMILES string of the molecule is CNC(=O)C(C)(C)CNC(=O)N[C@@H](C1CCCC1)C(F)(F)F. The van der Waals surface area contributed by atoms with Crippen molar-refractivity contribution in [2.24, 2.45) is 11.3 Å². The molecular weight excluding hydrogens is 299 g/mol. The minimum atomic E-state index is -4.47. The highest BCUT2D eigenvalue weighted by Gasteiger charge is 2.46. The lowest BCUT2D eigenvalue weighted by Gasteiger charge is -2.28. The zero-order chi connectivity index (χ0) is 17.0. The summed E-state index contributed by atoms with van der Waals surface area (Å²) in [5.41, 5.74) is -0.896. The van der Waals surface area contributed by atoms with Crippen LogP contribution >= 0.6 is 0 Å². The number of urea groups is 1. The molecule has 1 atom stereocenters. The summed E-state index contributed by atoms with van der Waals surface area (Å²) < 4.78 is 39.2. The van der Waals surface area contributed by atoms with Crippen LogP contribution in [0.15, 0.2) is 0 Å². The predicted molar refractivity (Wildman–Crippen MR) is 76.2 cm³/mol. The van der Waals surface area contributed by atoms with Crippen LogP contribution in [0, 0.1) is 11.3 Å². The van der Waals surface area contributed by atoms with Gasteiger partial charge in [-0.2, -0.15) is 13.2 Å². The Balaban J connectivity index is 2.59. The first-order valence-electron chi connectivity index (χ1n) is 7.41. The molecule has 1 saturated carbocycles. The van der Waals surface area contributed by atoms with Crippen molar-refractivity contribution in [1.82, 2.24) is 16.0 Å². The third-order valence-corrected chi connectivity index (χ3v) is 4.04. The van der Waals surface area contributed by atoms with Crippen molar-refractivity contribution < 1.29 is 22.8 Å². The van der Waals surface area contributed by atoms with E-state index in [2.05, 4.69) is 10.6 Å². The number of rotatable bonds is 5. The molecule has 3 amide bonds. The highest BCUT2D eigenvalue weighted by molar-refractivity contribution is 5.83. The monoisotopic (exact) mass is 323 g/mol. The second-order valence-corrected chi connectivity index (χ2v) is 6.35. The molecule has 1 fully saturated rings. The lowest BCUT2D eigenvalue weighted by atomic mass is 9.92. The van der Waals surface area contributed by atoms with Crippen LogP contribution in [0.2, 0.25) is 0 Å². The minimum absolute atomic E-state index is 0.0479. The molecule has 22 heavy (non-hydrogen) atoms. The van der Waals surface area contributed by atoms with Crippen LogP contribution in [0.3, 0.4) is 0 Å². The summed E-state index contributed by atoms with van der Waals surface area (Å²) in [7, 11) is 1.46. The molecule has 0 bridgehead atoms. The van der Waals surface area contributed by atoms with Crippen LogP contribution < -0.4 is 16.0 Å². The first-order chi connectivity index (χ1) is 10.1. The molecule has 8 heteroatoms. The van der Waals surface area contributed by atoms with E-state index in [0.717, 1.165) is 12.8 Å². The van der Waals surface area contributed by atoms with Gasteiger partial charge >= 0.3 is 12.2 Å². The summed E-state index contributed by atoms with van der Waals surface area (Å²) >= 11 is 0. The number of hydrogen-bond donors (Lipinski definition) is 3. The summed E-state index contributed by atoms with van der Waals surface area (Å²) in [5.74, 6) is -0.867. The van der Waals surface area contributed by atoms with Gasteiger partial charge in [0.1, 0.15) is 6.04 Å². The number of carbonyl (C=O) groups is 2. The standard InChI is InChI=1S/C14H24F3N3O2/c1-13(2,11(21)18-3)8-19-12(22)20-10(14(15,16)17)9-6-4-5-7-9/h9-10H,4-8H2,1-3H3,(H,18,21)(H2,19,20,22)/t10-/m0/s1. The zero-order valence-corrected chi connectivity index (χ0v) is 13.1. The van der Waals surface area contributed by atoms with E-state index in [9.17, 15) is 22.8 Å². The lowest BCUT2D eigenvalue weighted by molar-refractivity contribution is -0.164. The lowest BCUT2D eigenvalue weighted by Crippen LogP contribution is -2.54. The van der Waals surface area contributed by atoms with Crippen LogP contribution in [0.1, 0.15) is 39.5 Å². The summed E-state index contributed by atoms with van der Waals surface area (Å²) in [6, 6.07) is -2.73. The molecule has 0 aromatic rings. The van der Waals surface area contributed by atoms with E-state index >= 15 is 0 Å². The van der Waals surface area contributed by atoms with Gasteiger partial charge in [-0.05, 0) is 32.6 Å². The Morgan fingerprint density at radius 3 is 2.18 bits per heavy atom. The van der Waals surface area contributed by atoms with Crippen LogP contribution in [0.5, 0.6) is 0 Å². The Labute approximate surface area is 128 Å². The maximum absolute atomic E-state index is 13.1. The molecule has 0 spiro atoms. The number of alkyl halides is 3. The fourth-order valence-corrected chi connectivity index (χ4v) is 2.67. The first kappa shape index (κ1) is 18.6. The molecule has 3 N–H and O–H groups in total. The Morgan fingerprint density at radius 2 is 1.73 bits per heavy atom. The zero-order valence-electron chi connectivity index (χ0n) is 13.1. The quantitative estimate of drug-likeness (QED) is 0.726. The summed E-state index contributed by atoms with van der Waals surface area (Å²) in [6.07, 6.45) is -2.03. The molecule has 0 aliphatic heterocycles. The third-order valence-electron chi connectivity index (χ3n) is 4.04. The molecule has 128 valence electrons. The minimum Gasteiger partial charge on any atom is -0.359 e. The number of hydrogen-bond acceptors (Lipinski definition) is 2. The van der Waals surface area contributed by atoms with E-state index in [1.165, 1.54) is 7.05 Å². The van der Waals surface area contributed by atoms with Gasteiger partial charge in [-0.15, -0.1) is 0 Å². The van der Waals surface area contributed by atoms with E-state index in [-0.39, 0.29) is 12.5 Å². The Kier molecular flexibility index (Phi) is 6.08. The van der Waals surface area contributed by atoms with Crippen molar-refractivity contribution in [3.8, 4) is 0 Å². The molecule has 0 heterocycles. The van der Waals surface area contributed by atoms with E-state index in [0.29, 0.717) is 12.8 Å². The average Bonchev–Trinajstić information content (AvgIpc) is 2.94. The largest absolute Gasteiger partial charge is 0.408 e. The summed E-state index contributed by atoms with van der Waals surface area (Å²) in [4.78, 5) is 23.3. The van der Waals surface area contributed by atoms with Gasteiger partial charge in [0, 0.05) is 13.6 Å². The van der Waals surface area contributed by atoms with E-state index in [4.69, 9.17) is 0 Å². The number of amides is 3. The third kappa shape index (κ3) is 5.06. The van der Waals surface area contributed by atoms with Gasteiger partial charge in [0.2, 0.25) is 5.91 Å². The second-order valence-electron chi connectivity index (χ2n) is 6.35. The number of nitrogens with one attached hydrogen (secondary N) is 3. The van der Waals surface area contributed by atoms with Gasteiger partial charge in [0.15, 0.2) is 0 Å². The molecule has 0 aromatic carbocycles. The average molecular weight is 323 g/mol. The normalized spacial score (nSPS) is 17.9. The topological polar surface area (TPSA) is 70.2 Å². The maximum atomic E-state index is 13.1. The Hall–Kier alpha value is -1.47. The van der Waals surface area contributed by atoms with Crippen molar-refractivity contribution in [2.45, 2.75) is 51.7 Å². The second kappa shape index (κ2) is 7.19. The van der Waals surface area contributed by atoms with Crippen molar-refractivity contribution in [3.63, 3.8) is 0 Å². The van der Waals surface area contributed by atoms with Gasteiger partial charge in [0.05, 0.1) is 5.41 Å². The van der Waals surface area contributed by atoms with Crippen molar-refractivity contribution in [1.29, 1.82) is 0 Å². The van der Waals surface area contributed by atoms with E-state index in [1.54, 1.807) is 13.8 Å². The molecule has 0 unspecified atom stereocenters. The van der Waals surface area contributed by atoms with Crippen molar-refractivity contribution in [2.75, 3.05) is 13.6 Å². The fraction of sp³-hybridized carbons (Fsp3) is 0.857. The first-order valence-corrected chi connectivity index (χ1v) is 7.41. The van der Waals surface area contributed by atoms with Crippen LogP contribution in [0.25, 0.3) is 0 Å². The molecule has 0 radical (unpaired) electrons. The Morgan fingerprint density at radius 1 is 1.18 bits per heavy atom. The van der Waals surface area contributed by atoms with Gasteiger partial charge in [0.25, 0.3) is 0 Å². The molecule has 1 rings (SSSR count). The molecule has 1 aliphatic carbocycles. The molecule has 0 saturated heterocycles. The fourth-order valence-electron chi connectivity index (χ4n) is 2.67. The van der Waals surface area contributed by atoms with E-state index in [1.807, 2.05) is 5.32 Å². The smallest absolute Gasteiger partial charge is 0.359 e. The van der Waals surface area contributed by atoms with Crippen LogP contribution in [-0.4, -0.2) is 37.7 Å². The highest BCUT2D eigenvalue weighted by atomic mass is 19.4. The van der Waals surface area contributed by atoms with Gasteiger partial charge < -0.3 is 16.0 Å². The number of halogens is 3. The van der Waals surface area contributed by atoms with Gasteiger partial charge in [-0.25, -0.2) is 4.79 Å². The molecular formula is C14H24F3N3O2. The van der Waals surface area contributed by atoms with Crippen LogP contribution in [0.4, 0.5) is 18.0 Å². The van der Waals surface area contributed by atoms with Crippen molar-refractivity contribution >= 4 is 11.9 Å². The van der Waals surface area contributed by atoms with E-state index < -0.39 is 29.6 Å². The number of carbonyl (C=O) groups excluding carboxylic acids is 2. The Bertz CT molecular complexity index is 405. The predicted octanol–water partition coefficient (Wildman–Crippen LogP) is 2.18. The van der Waals surface area contributed by atoms with Gasteiger partial charge in [-0.3, -0.25) is 4.79 Å². The van der Waals surface area contributed by atoms with Crippen LogP contribution in [-0.2, 0) is 4.79 Å². The molecule has 5 nitrogen and oxygen atoms in total. The van der Waals surface area contributed by atoms with Crippen molar-refractivity contribution in [3.05, 3.63) is 0 Å². The molecule has 0 aromatic heterocycles. The summed E-state index contributed by atoms with van der Waals surface area (Å²) in [6.45, 7) is 3.16. The highest BCUT2D eigenvalue weighted by Crippen LogP contribution is 2.35. The van der Waals surface area contributed by atoms with Gasteiger partial charge in [-0.1, -0.05) is 12.8 Å². The summed E-state index contributed by atoms with van der Waals surface area (Å²) in [5, 5.41) is 6.82.